The highest BCUT2D eigenvalue weighted by molar-refractivity contribution is 7.98. The maximum atomic E-state index is 5.93. The molecule has 2 aromatic carbocycles. The Labute approximate surface area is 179 Å². The molecule has 6 nitrogen and oxygen atoms in total. The monoisotopic (exact) mass is 430 g/mol. The second kappa shape index (κ2) is 10.3. The van der Waals surface area contributed by atoms with Crippen molar-refractivity contribution < 1.29 is 9.47 Å². The molecule has 0 saturated carbocycles. The van der Waals surface area contributed by atoms with Crippen molar-refractivity contribution in [1.29, 1.82) is 0 Å². The van der Waals surface area contributed by atoms with Gasteiger partial charge in [-0.05, 0) is 47.4 Å². The molecule has 1 heterocycles. The average Bonchev–Trinajstić information content (AvgIpc) is 3.17. The van der Waals surface area contributed by atoms with Gasteiger partial charge in [0.15, 0.2) is 11.5 Å². The topological polar surface area (TPSA) is 61.5 Å². The van der Waals surface area contributed by atoms with E-state index in [0.29, 0.717) is 29.2 Å². The fourth-order valence-corrected chi connectivity index (χ4v) is 3.34. The summed E-state index contributed by atoms with van der Waals surface area (Å²) in [6.45, 7) is 4.83. The maximum absolute atomic E-state index is 5.93. The maximum Gasteiger partial charge on any atom is 0.212 e. The van der Waals surface area contributed by atoms with Gasteiger partial charge in [-0.2, -0.15) is 9.78 Å². The number of ether oxygens (including phenoxy) is 2. The van der Waals surface area contributed by atoms with E-state index in [1.807, 2.05) is 42.5 Å². The molecule has 0 bridgehead atoms. The van der Waals surface area contributed by atoms with Crippen LogP contribution < -0.4 is 9.47 Å². The van der Waals surface area contributed by atoms with E-state index < -0.39 is 0 Å². The minimum absolute atomic E-state index is 0.425. The van der Waals surface area contributed by atoms with Crippen LogP contribution in [0.2, 0.25) is 5.02 Å². The summed E-state index contributed by atoms with van der Waals surface area (Å²) < 4.78 is 12.9. The highest BCUT2D eigenvalue weighted by Gasteiger charge is 2.08. The molecule has 0 amide bonds. The van der Waals surface area contributed by atoms with Crippen molar-refractivity contribution >= 4 is 29.6 Å². The predicted molar refractivity (Wildman–Crippen MR) is 117 cm³/mol. The first-order valence-corrected chi connectivity index (χ1v) is 10.5. The lowest BCUT2D eigenvalue weighted by Crippen LogP contribution is -2.06. The highest BCUT2D eigenvalue weighted by atomic mass is 35.5. The van der Waals surface area contributed by atoms with E-state index in [1.165, 1.54) is 0 Å². The molecular weight excluding hydrogens is 408 g/mol. The van der Waals surface area contributed by atoms with Crippen molar-refractivity contribution in [1.82, 2.24) is 14.9 Å². The molecule has 0 saturated heterocycles. The number of halogens is 1. The van der Waals surface area contributed by atoms with Crippen LogP contribution in [0.5, 0.6) is 11.5 Å². The fraction of sp³-hybridized carbons (Fsp3) is 0.286. The molecule has 0 N–H and O–H groups in total. The molecule has 152 valence electrons. The number of thioether (sulfide) groups is 1. The Hall–Kier alpha value is -2.51. The molecular formula is C21H23ClN4O2S. The molecule has 1 aromatic heterocycles. The Kier molecular flexibility index (Phi) is 7.55. The van der Waals surface area contributed by atoms with Gasteiger partial charge < -0.3 is 9.47 Å². The molecule has 0 atom stereocenters. The normalized spacial score (nSPS) is 11.3. The quantitative estimate of drug-likeness (QED) is 0.347. The van der Waals surface area contributed by atoms with Gasteiger partial charge in [0.1, 0.15) is 6.33 Å². The van der Waals surface area contributed by atoms with Crippen molar-refractivity contribution in [2.75, 3.05) is 13.7 Å². The summed E-state index contributed by atoms with van der Waals surface area (Å²) in [5.41, 5.74) is 2.05. The van der Waals surface area contributed by atoms with Gasteiger partial charge in [-0.25, -0.2) is 0 Å². The van der Waals surface area contributed by atoms with E-state index in [1.54, 1.807) is 36.1 Å². The standard InChI is InChI=1S/C21H23ClN4O2S/c1-15(2)12-28-20-10-17(6-9-19(20)27-3)11-24-26-14-23-25-21(26)29-13-16-4-7-18(22)8-5-16/h4-11,14-15H,12-13H2,1-3H3/b24-11+. The van der Waals surface area contributed by atoms with Crippen LogP contribution in [-0.2, 0) is 5.75 Å². The number of aromatic nitrogens is 3. The second-order valence-corrected chi connectivity index (χ2v) is 8.11. The second-order valence-electron chi connectivity index (χ2n) is 6.73. The number of rotatable bonds is 9. The Morgan fingerprint density at radius 1 is 1.17 bits per heavy atom. The average molecular weight is 431 g/mol. The highest BCUT2D eigenvalue weighted by Crippen LogP contribution is 2.28. The molecule has 29 heavy (non-hydrogen) atoms. The zero-order valence-corrected chi connectivity index (χ0v) is 18.2. The molecule has 8 heteroatoms. The predicted octanol–water partition coefficient (Wildman–Crippen LogP) is 5.15. The Balaban J connectivity index is 1.69. The third-order valence-corrected chi connectivity index (χ3v) is 5.13. The molecule has 0 unspecified atom stereocenters. The smallest absolute Gasteiger partial charge is 0.212 e. The van der Waals surface area contributed by atoms with Crippen molar-refractivity contribution in [2.45, 2.75) is 24.8 Å². The van der Waals surface area contributed by atoms with E-state index in [4.69, 9.17) is 21.1 Å². The van der Waals surface area contributed by atoms with Gasteiger partial charge in [0, 0.05) is 10.8 Å². The first-order chi connectivity index (χ1) is 14.0. The van der Waals surface area contributed by atoms with Crippen LogP contribution in [0.3, 0.4) is 0 Å². The van der Waals surface area contributed by atoms with Crippen LogP contribution in [0.15, 0.2) is 59.0 Å². The van der Waals surface area contributed by atoms with Crippen LogP contribution >= 0.6 is 23.4 Å². The summed E-state index contributed by atoms with van der Waals surface area (Å²) in [7, 11) is 1.63. The van der Waals surface area contributed by atoms with E-state index in [2.05, 4.69) is 29.1 Å². The third-order valence-electron chi connectivity index (χ3n) is 3.87. The van der Waals surface area contributed by atoms with Gasteiger partial charge in [0.2, 0.25) is 5.16 Å². The summed E-state index contributed by atoms with van der Waals surface area (Å²) in [5, 5.41) is 14.0. The molecule has 0 radical (unpaired) electrons. The lowest BCUT2D eigenvalue weighted by atomic mass is 10.2. The lowest BCUT2D eigenvalue weighted by Gasteiger charge is -2.12. The number of hydrogen-bond acceptors (Lipinski definition) is 6. The van der Waals surface area contributed by atoms with Crippen molar-refractivity contribution in [3.05, 3.63) is 64.9 Å². The Morgan fingerprint density at radius 2 is 1.97 bits per heavy atom. The van der Waals surface area contributed by atoms with Crippen LogP contribution in [0.4, 0.5) is 0 Å². The number of nitrogens with zero attached hydrogens (tertiary/aromatic N) is 4. The summed E-state index contributed by atoms with van der Waals surface area (Å²) in [6, 6.07) is 13.5. The molecule has 0 aliphatic carbocycles. The van der Waals surface area contributed by atoms with Crippen molar-refractivity contribution in [3.8, 4) is 11.5 Å². The first-order valence-electron chi connectivity index (χ1n) is 9.17. The zero-order valence-electron chi connectivity index (χ0n) is 16.6. The minimum Gasteiger partial charge on any atom is -0.493 e. The number of methoxy groups -OCH3 is 1. The van der Waals surface area contributed by atoms with Crippen LogP contribution in [0.25, 0.3) is 0 Å². The molecule has 0 spiro atoms. The molecule has 0 aliphatic rings. The van der Waals surface area contributed by atoms with E-state index in [0.717, 1.165) is 21.9 Å². The van der Waals surface area contributed by atoms with Gasteiger partial charge >= 0.3 is 0 Å². The number of benzene rings is 2. The summed E-state index contributed by atoms with van der Waals surface area (Å²) in [6.07, 6.45) is 3.33. The number of hydrogen-bond donors (Lipinski definition) is 0. The summed E-state index contributed by atoms with van der Waals surface area (Å²) in [4.78, 5) is 0. The minimum atomic E-state index is 0.425. The van der Waals surface area contributed by atoms with Crippen LogP contribution in [0, 0.1) is 5.92 Å². The van der Waals surface area contributed by atoms with Crippen molar-refractivity contribution in [3.63, 3.8) is 0 Å². The summed E-state index contributed by atoms with van der Waals surface area (Å²) >= 11 is 7.49. The SMILES string of the molecule is COc1ccc(/C=N/n2cnnc2SCc2ccc(Cl)cc2)cc1OCC(C)C. The molecule has 3 aromatic rings. The van der Waals surface area contributed by atoms with E-state index >= 15 is 0 Å². The third kappa shape index (κ3) is 6.24. The fourth-order valence-electron chi connectivity index (χ4n) is 2.39. The molecule has 3 rings (SSSR count). The van der Waals surface area contributed by atoms with Gasteiger partial charge in [-0.15, -0.1) is 10.2 Å². The van der Waals surface area contributed by atoms with Gasteiger partial charge in [-0.3, -0.25) is 0 Å². The van der Waals surface area contributed by atoms with Gasteiger partial charge in [0.25, 0.3) is 0 Å². The zero-order chi connectivity index (χ0) is 20.6. The molecule has 0 aliphatic heterocycles. The Morgan fingerprint density at radius 3 is 2.69 bits per heavy atom. The molecule has 0 fully saturated rings. The van der Waals surface area contributed by atoms with Crippen LogP contribution in [0.1, 0.15) is 25.0 Å². The Bertz CT molecular complexity index is 958. The van der Waals surface area contributed by atoms with Gasteiger partial charge in [-0.1, -0.05) is 49.3 Å². The first kappa shape index (κ1) is 21.2. The summed E-state index contributed by atoms with van der Waals surface area (Å²) in [5.74, 6) is 2.58. The van der Waals surface area contributed by atoms with Crippen molar-refractivity contribution in [2.24, 2.45) is 11.0 Å². The van der Waals surface area contributed by atoms with E-state index in [9.17, 15) is 0 Å². The van der Waals surface area contributed by atoms with Gasteiger partial charge in [0.05, 0.1) is 19.9 Å². The van der Waals surface area contributed by atoms with Crippen LogP contribution in [-0.4, -0.2) is 34.8 Å². The largest absolute Gasteiger partial charge is 0.493 e. The van der Waals surface area contributed by atoms with E-state index in [-0.39, 0.29) is 0 Å². The lowest BCUT2D eigenvalue weighted by molar-refractivity contribution is 0.257.